The lowest BCUT2D eigenvalue weighted by atomic mass is 10.2. The summed E-state index contributed by atoms with van der Waals surface area (Å²) >= 11 is 0. The van der Waals surface area contributed by atoms with Crippen molar-refractivity contribution in [2.45, 2.75) is 6.61 Å². The molecule has 75 valence electrons. The fraction of sp³-hybridized carbons (Fsp3) is 0.0833. The lowest BCUT2D eigenvalue weighted by molar-refractivity contribution is 0.289. The Labute approximate surface area is 87.4 Å². The molecule has 3 heteroatoms. The molecule has 0 saturated carbocycles. The van der Waals surface area contributed by atoms with Crippen LogP contribution in [0.3, 0.4) is 0 Å². The lowest BCUT2D eigenvalue weighted by Gasteiger charge is -2.04. The van der Waals surface area contributed by atoms with Crippen LogP contribution in [0.5, 0.6) is 5.88 Å². The Hall–Kier alpha value is -1.90. The molecule has 0 saturated heterocycles. The highest BCUT2D eigenvalue weighted by molar-refractivity contribution is 5.15. The van der Waals surface area contributed by atoms with E-state index in [4.69, 9.17) is 4.74 Å². The van der Waals surface area contributed by atoms with E-state index >= 15 is 0 Å². The van der Waals surface area contributed by atoms with Gasteiger partial charge in [-0.2, -0.15) is 9.37 Å². The number of rotatable bonds is 3. The molecule has 0 aliphatic rings. The van der Waals surface area contributed by atoms with Crippen LogP contribution in [-0.4, -0.2) is 4.98 Å². The third-order valence-electron chi connectivity index (χ3n) is 1.86. The van der Waals surface area contributed by atoms with Gasteiger partial charge in [-0.1, -0.05) is 30.3 Å². The third kappa shape index (κ3) is 2.77. The highest BCUT2D eigenvalue weighted by atomic mass is 19.1. The summed E-state index contributed by atoms with van der Waals surface area (Å²) in [4.78, 5) is 3.59. The molecule has 0 fully saturated rings. The molecule has 0 aliphatic heterocycles. The molecule has 0 amide bonds. The second-order valence-electron chi connectivity index (χ2n) is 3.00. The van der Waals surface area contributed by atoms with Crippen molar-refractivity contribution in [2.24, 2.45) is 0 Å². The molecule has 0 N–H and O–H groups in total. The van der Waals surface area contributed by atoms with E-state index in [1.165, 1.54) is 6.07 Å². The van der Waals surface area contributed by atoms with E-state index in [-0.39, 0.29) is 0 Å². The second-order valence-corrected chi connectivity index (χ2v) is 3.00. The molecule has 1 radical (unpaired) electrons. The number of aromatic nitrogens is 1. The molecule has 1 aromatic heterocycles. The van der Waals surface area contributed by atoms with E-state index in [9.17, 15) is 4.39 Å². The van der Waals surface area contributed by atoms with Crippen LogP contribution < -0.4 is 4.74 Å². The third-order valence-corrected chi connectivity index (χ3v) is 1.86. The highest BCUT2D eigenvalue weighted by Crippen LogP contribution is 2.09. The van der Waals surface area contributed by atoms with Crippen LogP contribution in [0.15, 0.2) is 42.5 Å². The average molecular weight is 202 g/mol. The van der Waals surface area contributed by atoms with Crippen LogP contribution in [0.1, 0.15) is 5.56 Å². The highest BCUT2D eigenvalue weighted by Gasteiger charge is 1.97. The lowest BCUT2D eigenvalue weighted by Crippen LogP contribution is -1.97. The molecule has 1 heterocycles. The van der Waals surface area contributed by atoms with Crippen LogP contribution in [0, 0.1) is 12.0 Å². The normalized spacial score (nSPS) is 9.93. The van der Waals surface area contributed by atoms with Crippen molar-refractivity contribution in [3.63, 3.8) is 0 Å². The van der Waals surface area contributed by atoms with Gasteiger partial charge in [-0.3, -0.25) is 0 Å². The summed E-state index contributed by atoms with van der Waals surface area (Å²) in [5.74, 6) is -0.239. The molecule has 0 unspecified atom stereocenters. The van der Waals surface area contributed by atoms with Crippen molar-refractivity contribution in [3.05, 3.63) is 60.0 Å². The smallest absolute Gasteiger partial charge is 0.216 e. The Morgan fingerprint density at radius 3 is 2.73 bits per heavy atom. The number of hydrogen-bond acceptors (Lipinski definition) is 2. The van der Waals surface area contributed by atoms with Crippen LogP contribution >= 0.6 is 0 Å². The van der Waals surface area contributed by atoms with Crippen molar-refractivity contribution < 1.29 is 9.13 Å². The first-order valence-electron chi connectivity index (χ1n) is 4.55. The number of pyridine rings is 1. The second kappa shape index (κ2) is 4.55. The Morgan fingerprint density at radius 2 is 2.00 bits per heavy atom. The first-order chi connectivity index (χ1) is 7.34. The minimum atomic E-state index is -0.533. The largest absolute Gasteiger partial charge is 0.473 e. The molecule has 2 nitrogen and oxygen atoms in total. The van der Waals surface area contributed by atoms with Crippen molar-refractivity contribution >= 4 is 0 Å². The summed E-state index contributed by atoms with van der Waals surface area (Å²) in [7, 11) is 0. The van der Waals surface area contributed by atoms with E-state index in [1.807, 2.05) is 12.1 Å². The van der Waals surface area contributed by atoms with E-state index in [0.717, 1.165) is 5.56 Å². The van der Waals surface area contributed by atoms with Crippen LogP contribution in [0.2, 0.25) is 0 Å². The van der Waals surface area contributed by atoms with Gasteiger partial charge in [0.2, 0.25) is 11.8 Å². The minimum Gasteiger partial charge on any atom is -0.473 e. The minimum absolute atomic E-state index is 0.294. The summed E-state index contributed by atoms with van der Waals surface area (Å²) in [5, 5.41) is 0. The maximum absolute atomic E-state index is 12.7. The molecular formula is C12H9FNO. The summed E-state index contributed by atoms with van der Waals surface area (Å²) in [6, 6.07) is 14.8. The van der Waals surface area contributed by atoms with Gasteiger partial charge in [-0.15, -0.1) is 0 Å². The van der Waals surface area contributed by atoms with Crippen LogP contribution in [0.25, 0.3) is 0 Å². The van der Waals surface area contributed by atoms with E-state index in [2.05, 4.69) is 11.1 Å². The van der Waals surface area contributed by atoms with E-state index < -0.39 is 5.95 Å². The number of hydrogen-bond donors (Lipinski definition) is 0. The molecule has 15 heavy (non-hydrogen) atoms. The Balaban J connectivity index is 1.99. The molecule has 0 aliphatic carbocycles. The monoisotopic (exact) mass is 202 g/mol. The van der Waals surface area contributed by atoms with Crippen molar-refractivity contribution in [1.29, 1.82) is 0 Å². The Morgan fingerprint density at radius 1 is 1.20 bits per heavy atom. The Kier molecular flexibility index (Phi) is 2.93. The van der Waals surface area contributed by atoms with Crippen molar-refractivity contribution in [1.82, 2.24) is 4.98 Å². The average Bonchev–Trinajstić information content (AvgIpc) is 2.28. The number of nitrogens with zero attached hydrogens (tertiary/aromatic N) is 1. The zero-order chi connectivity index (χ0) is 10.5. The van der Waals surface area contributed by atoms with Gasteiger partial charge < -0.3 is 4.74 Å². The van der Waals surface area contributed by atoms with E-state index in [1.54, 1.807) is 24.3 Å². The molecule has 0 spiro atoms. The summed E-state index contributed by atoms with van der Waals surface area (Å²) < 4.78 is 18.0. The van der Waals surface area contributed by atoms with Crippen molar-refractivity contribution in [2.75, 3.05) is 0 Å². The summed E-state index contributed by atoms with van der Waals surface area (Å²) in [5.41, 5.74) is 1.000. The van der Waals surface area contributed by atoms with Gasteiger partial charge in [0.1, 0.15) is 6.61 Å². The van der Waals surface area contributed by atoms with Gasteiger partial charge in [0, 0.05) is 6.07 Å². The number of benzene rings is 1. The van der Waals surface area contributed by atoms with Gasteiger partial charge >= 0.3 is 0 Å². The predicted molar refractivity (Wildman–Crippen MR) is 53.8 cm³/mol. The molecule has 2 aromatic rings. The first kappa shape index (κ1) is 9.65. The fourth-order valence-corrected chi connectivity index (χ4v) is 1.14. The summed E-state index contributed by atoms with van der Waals surface area (Å²) in [6.07, 6.45) is 0. The molecule has 0 atom stereocenters. The maximum Gasteiger partial charge on any atom is 0.216 e. The number of halogens is 1. The zero-order valence-electron chi connectivity index (χ0n) is 7.98. The van der Waals surface area contributed by atoms with Gasteiger partial charge in [-0.25, -0.2) is 0 Å². The van der Waals surface area contributed by atoms with Gasteiger partial charge in [-0.05, 0) is 17.7 Å². The zero-order valence-corrected chi connectivity index (χ0v) is 7.98. The standard InChI is InChI=1S/C12H9FNO/c13-11-7-4-8-12(14-11)15-9-10-5-2-1-3-6-10/h2-8H,9H2. The molecular weight excluding hydrogens is 193 g/mol. The molecule has 1 aromatic carbocycles. The molecule has 0 bridgehead atoms. The summed E-state index contributed by atoms with van der Waals surface area (Å²) in [6.45, 7) is 0.380. The van der Waals surface area contributed by atoms with Crippen LogP contribution in [0.4, 0.5) is 4.39 Å². The van der Waals surface area contributed by atoms with E-state index in [0.29, 0.717) is 12.5 Å². The van der Waals surface area contributed by atoms with Gasteiger partial charge in [0.15, 0.2) is 0 Å². The maximum atomic E-state index is 12.7. The predicted octanol–water partition coefficient (Wildman–Crippen LogP) is 2.60. The SMILES string of the molecule is Fc1cccc(OCc2cc[c]cc2)n1. The van der Waals surface area contributed by atoms with Crippen LogP contribution in [-0.2, 0) is 6.61 Å². The van der Waals surface area contributed by atoms with Gasteiger partial charge in [0.25, 0.3) is 0 Å². The van der Waals surface area contributed by atoms with Gasteiger partial charge in [0.05, 0.1) is 0 Å². The topological polar surface area (TPSA) is 22.1 Å². The van der Waals surface area contributed by atoms with Crippen molar-refractivity contribution in [3.8, 4) is 5.88 Å². The number of ether oxygens (including phenoxy) is 1. The molecule has 2 rings (SSSR count). The Bertz CT molecular complexity index is 431. The quantitative estimate of drug-likeness (QED) is 0.714. The first-order valence-corrected chi connectivity index (χ1v) is 4.55. The fourth-order valence-electron chi connectivity index (χ4n) is 1.14.